The van der Waals surface area contributed by atoms with Crippen molar-refractivity contribution in [3.63, 3.8) is 0 Å². The zero-order chi connectivity index (χ0) is 23.1. The highest BCUT2D eigenvalue weighted by Crippen LogP contribution is 2.25. The maximum absolute atomic E-state index is 13.2. The van der Waals surface area contributed by atoms with Crippen molar-refractivity contribution in [1.29, 1.82) is 0 Å². The SMILES string of the molecule is CC[C@H](C)NC(=O)[C@@H](C)N(Cc1cccc(Cl)c1)C(=O)COc1cccc2ccccc12. The summed E-state index contributed by atoms with van der Waals surface area (Å²) in [6, 6.07) is 20.2. The van der Waals surface area contributed by atoms with E-state index in [1.54, 1.807) is 19.1 Å². The molecule has 0 aliphatic heterocycles. The molecular formula is C26H29ClN2O3. The smallest absolute Gasteiger partial charge is 0.261 e. The van der Waals surface area contributed by atoms with E-state index in [1.165, 1.54) is 4.90 Å². The van der Waals surface area contributed by atoms with Crippen LogP contribution in [0.25, 0.3) is 10.8 Å². The Morgan fingerprint density at radius 3 is 2.50 bits per heavy atom. The lowest BCUT2D eigenvalue weighted by Gasteiger charge is -2.29. The molecule has 3 aromatic rings. The molecule has 3 aromatic carbocycles. The van der Waals surface area contributed by atoms with Crippen LogP contribution in [0.15, 0.2) is 66.7 Å². The van der Waals surface area contributed by atoms with Gasteiger partial charge in [-0.2, -0.15) is 0 Å². The monoisotopic (exact) mass is 452 g/mol. The summed E-state index contributed by atoms with van der Waals surface area (Å²) >= 11 is 6.13. The second-order valence-corrected chi connectivity index (χ2v) is 8.35. The van der Waals surface area contributed by atoms with Crippen molar-refractivity contribution in [1.82, 2.24) is 10.2 Å². The lowest BCUT2D eigenvalue weighted by molar-refractivity contribution is -0.142. The van der Waals surface area contributed by atoms with E-state index in [2.05, 4.69) is 5.32 Å². The average Bonchev–Trinajstić information content (AvgIpc) is 2.80. The lowest BCUT2D eigenvalue weighted by Crippen LogP contribution is -2.50. The molecule has 0 bridgehead atoms. The Kier molecular flexibility index (Phi) is 8.12. The minimum absolute atomic E-state index is 0.0278. The summed E-state index contributed by atoms with van der Waals surface area (Å²) in [5.41, 5.74) is 0.846. The molecule has 0 aliphatic carbocycles. The molecule has 0 saturated heterocycles. The number of amides is 2. The van der Waals surface area contributed by atoms with Gasteiger partial charge in [0.2, 0.25) is 5.91 Å². The molecule has 0 saturated carbocycles. The van der Waals surface area contributed by atoms with Crippen molar-refractivity contribution in [2.45, 2.75) is 45.8 Å². The van der Waals surface area contributed by atoms with Gasteiger partial charge in [-0.15, -0.1) is 0 Å². The van der Waals surface area contributed by atoms with Crippen molar-refractivity contribution in [3.05, 3.63) is 77.3 Å². The maximum atomic E-state index is 13.2. The van der Waals surface area contributed by atoms with Gasteiger partial charge in [-0.05, 0) is 49.4 Å². The van der Waals surface area contributed by atoms with Gasteiger partial charge in [0.1, 0.15) is 11.8 Å². The Hall–Kier alpha value is -3.05. The first-order valence-corrected chi connectivity index (χ1v) is 11.2. The van der Waals surface area contributed by atoms with E-state index in [-0.39, 0.29) is 31.0 Å². The summed E-state index contributed by atoms with van der Waals surface area (Å²) in [6.07, 6.45) is 0.810. The minimum Gasteiger partial charge on any atom is -0.483 e. The summed E-state index contributed by atoms with van der Waals surface area (Å²) < 4.78 is 5.91. The van der Waals surface area contributed by atoms with Crippen LogP contribution >= 0.6 is 11.6 Å². The molecule has 0 spiro atoms. The van der Waals surface area contributed by atoms with Crippen LogP contribution < -0.4 is 10.1 Å². The van der Waals surface area contributed by atoms with Crippen molar-refractivity contribution < 1.29 is 14.3 Å². The Balaban J connectivity index is 1.79. The highest BCUT2D eigenvalue weighted by atomic mass is 35.5. The number of hydrogen-bond donors (Lipinski definition) is 1. The second kappa shape index (κ2) is 11.0. The highest BCUT2D eigenvalue weighted by molar-refractivity contribution is 6.30. The number of fused-ring (bicyclic) bond motifs is 1. The molecule has 5 nitrogen and oxygen atoms in total. The van der Waals surface area contributed by atoms with E-state index >= 15 is 0 Å². The van der Waals surface area contributed by atoms with Gasteiger partial charge in [0.15, 0.2) is 6.61 Å². The topological polar surface area (TPSA) is 58.6 Å². The fourth-order valence-corrected chi connectivity index (χ4v) is 3.64. The van der Waals surface area contributed by atoms with Crippen LogP contribution in [0.1, 0.15) is 32.8 Å². The maximum Gasteiger partial charge on any atom is 0.261 e. The fraction of sp³-hybridized carbons (Fsp3) is 0.308. The first-order valence-electron chi connectivity index (χ1n) is 10.8. The van der Waals surface area contributed by atoms with Crippen LogP contribution in [-0.4, -0.2) is 35.4 Å². The highest BCUT2D eigenvalue weighted by Gasteiger charge is 2.27. The van der Waals surface area contributed by atoms with Crippen molar-refractivity contribution in [3.8, 4) is 5.75 Å². The van der Waals surface area contributed by atoms with Crippen LogP contribution in [0, 0.1) is 0 Å². The van der Waals surface area contributed by atoms with Gasteiger partial charge < -0.3 is 15.0 Å². The van der Waals surface area contributed by atoms with Gasteiger partial charge in [-0.1, -0.05) is 67.1 Å². The van der Waals surface area contributed by atoms with Crippen LogP contribution in [0.5, 0.6) is 5.75 Å². The molecular weight excluding hydrogens is 424 g/mol. The minimum atomic E-state index is -0.661. The second-order valence-electron chi connectivity index (χ2n) is 7.91. The molecule has 1 N–H and O–H groups in total. The van der Waals surface area contributed by atoms with Crippen molar-refractivity contribution in [2.24, 2.45) is 0 Å². The summed E-state index contributed by atoms with van der Waals surface area (Å²) in [6.45, 7) is 5.76. The Labute approximate surface area is 194 Å². The molecule has 2 atom stereocenters. The Morgan fingerprint density at radius 1 is 1.03 bits per heavy atom. The van der Waals surface area contributed by atoms with Gasteiger partial charge in [0.05, 0.1) is 0 Å². The van der Waals surface area contributed by atoms with E-state index in [0.717, 1.165) is 22.8 Å². The number of benzene rings is 3. The molecule has 0 fully saturated rings. The first-order chi connectivity index (χ1) is 15.4. The van der Waals surface area contributed by atoms with Gasteiger partial charge >= 0.3 is 0 Å². The van der Waals surface area contributed by atoms with E-state index < -0.39 is 6.04 Å². The van der Waals surface area contributed by atoms with Crippen LogP contribution in [-0.2, 0) is 16.1 Å². The van der Waals surface area contributed by atoms with Gasteiger partial charge in [-0.3, -0.25) is 9.59 Å². The van der Waals surface area contributed by atoms with E-state index in [0.29, 0.717) is 10.8 Å². The third-order valence-electron chi connectivity index (χ3n) is 5.51. The zero-order valence-electron chi connectivity index (χ0n) is 18.7. The average molecular weight is 453 g/mol. The van der Waals surface area contributed by atoms with Crippen molar-refractivity contribution in [2.75, 3.05) is 6.61 Å². The Bertz CT molecular complexity index is 1080. The standard InChI is InChI=1S/C26H29ClN2O3/c1-4-18(2)28-26(31)19(3)29(16-20-9-7-12-22(27)15-20)25(30)17-32-24-14-8-11-21-10-5-6-13-23(21)24/h5-15,18-19H,4,16-17H2,1-3H3,(H,28,31)/t18-,19+/m0/s1. The molecule has 2 amide bonds. The molecule has 32 heavy (non-hydrogen) atoms. The normalized spacial score (nSPS) is 12.8. The lowest BCUT2D eigenvalue weighted by atomic mass is 10.1. The number of carbonyl (C=O) groups is 2. The first kappa shape index (κ1) is 23.6. The number of nitrogens with one attached hydrogen (secondary N) is 1. The third kappa shape index (κ3) is 6.01. The Morgan fingerprint density at radius 2 is 1.75 bits per heavy atom. The number of halogens is 1. The number of nitrogens with zero attached hydrogens (tertiary/aromatic N) is 1. The van der Waals surface area contributed by atoms with Crippen molar-refractivity contribution >= 4 is 34.2 Å². The molecule has 0 aromatic heterocycles. The summed E-state index contributed by atoms with van der Waals surface area (Å²) in [5, 5.41) is 5.52. The predicted octanol–water partition coefficient (Wildman–Crippen LogP) is 5.20. The van der Waals surface area contributed by atoms with Gasteiger partial charge in [0, 0.05) is 23.0 Å². The summed E-state index contributed by atoms with van der Waals surface area (Å²) in [7, 11) is 0. The number of rotatable bonds is 9. The third-order valence-corrected chi connectivity index (χ3v) is 5.75. The molecule has 0 radical (unpaired) electrons. The molecule has 0 unspecified atom stereocenters. The molecule has 168 valence electrons. The van der Waals surface area contributed by atoms with Crippen LogP contribution in [0.3, 0.4) is 0 Å². The fourth-order valence-electron chi connectivity index (χ4n) is 3.42. The largest absolute Gasteiger partial charge is 0.483 e. The van der Waals surface area contributed by atoms with E-state index in [4.69, 9.17) is 16.3 Å². The molecule has 0 aliphatic rings. The summed E-state index contributed by atoms with van der Waals surface area (Å²) in [5.74, 6) is 0.167. The molecule has 0 heterocycles. The number of carbonyl (C=O) groups excluding carboxylic acids is 2. The predicted molar refractivity (Wildman–Crippen MR) is 129 cm³/mol. The van der Waals surface area contributed by atoms with E-state index in [1.807, 2.05) is 68.4 Å². The van der Waals surface area contributed by atoms with Gasteiger partial charge in [-0.25, -0.2) is 0 Å². The number of hydrogen-bond acceptors (Lipinski definition) is 3. The zero-order valence-corrected chi connectivity index (χ0v) is 19.4. The van der Waals surface area contributed by atoms with Crippen LogP contribution in [0.4, 0.5) is 0 Å². The van der Waals surface area contributed by atoms with Crippen LogP contribution in [0.2, 0.25) is 5.02 Å². The number of ether oxygens (including phenoxy) is 1. The summed E-state index contributed by atoms with van der Waals surface area (Å²) in [4.78, 5) is 27.6. The quantitative estimate of drug-likeness (QED) is 0.485. The molecule has 6 heteroatoms. The molecule has 3 rings (SSSR count). The van der Waals surface area contributed by atoms with E-state index in [9.17, 15) is 9.59 Å². The van der Waals surface area contributed by atoms with Gasteiger partial charge in [0.25, 0.3) is 5.91 Å².